The van der Waals surface area contributed by atoms with Crippen molar-refractivity contribution in [2.75, 3.05) is 0 Å². The minimum atomic E-state index is -0.673. The van der Waals surface area contributed by atoms with Crippen LogP contribution in [0.5, 0.6) is 0 Å². The van der Waals surface area contributed by atoms with Crippen molar-refractivity contribution in [1.82, 2.24) is 0 Å². The van der Waals surface area contributed by atoms with E-state index in [0.29, 0.717) is 29.7 Å². The van der Waals surface area contributed by atoms with E-state index in [0.717, 1.165) is 43.3 Å². The van der Waals surface area contributed by atoms with Crippen LogP contribution < -0.4 is 0 Å². The number of rotatable bonds is 7. The van der Waals surface area contributed by atoms with Crippen molar-refractivity contribution >= 4 is 5.97 Å². The summed E-state index contributed by atoms with van der Waals surface area (Å²) in [6, 6.07) is 0. The van der Waals surface area contributed by atoms with Gasteiger partial charge >= 0.3 is 5.97 Å². The fraction of sp³-hybridized carbons (Fsp3) is 0.719. The number of aliphatic hydroxyl groups excluding tert-OH is 2. The van der Waals surface area contributed by atoms with Gasteiger partial charge < -0.3 is 14.9 Å². The smallest absolute Gasteiger partial charge is 0.334 e. The largest absolute Gasteiger partial charge is 0.458 e. The van der Waals surface area contributed by atoms with E-state index in [4.69, 9.17) is 4.74 Å². The Kier molecular flexibility index (Phi) is 8.36. The molecule has 0 radical (unpaired) electrons. The average Bonchev–Trinajstić information content (AvgIpc) is 3.33. The Balaban J connectivity index is 1.47. The minimum absolute atomic E-state index is 0.0184. The Labute approximate surface area is 218 Å². The molecule has 1 aliphatic heterocycles. The van der Waals surface area contributed by atoms with Crippen LogP contribution in [0, 0.1) is 35.0 Å². The molecule has 4 nitrogen and oxygen atoms in total. The maximum absolute atomic E-state index is 12.3. The molecular weight excluding hydrogens is 448 g/mol. The van der Waals surface area contributed by atoms with Gasteiger partial charge in [0.1, 0.15) is 6.10 Å². The van der Waals surface area contributed by atoms with Crippen LogP contribution in [0.1, 0.15) is 91.9 Å². The molecule has 36 heavy (non-hydrogen) atoms. The van der Waals surface area contributed by atoms with Crippen molar-refractivity contribution in [2.45, 2.75) is 110 Å². The van der Waals surface area contributed by atoms with E-state index in [-0.39, 0.29) is 29.3 Å². The summed E-state index contributed by atoms with van der Waals surface area (Å²) in [5.74, 6) is 1.50. The van der Waals surface area contributed by atoms with E-state index in [1.807, 2.05) is 6.92 Å². The standard InChI is InChI=1S/C32H48O4/c1-7-8-11-25-21(4)31(35)36-29(25)17-19(2)26-14-15-27-23(10-9-16-32(26,27)6)12-13-24-18-28(33)22(5)30(34)20(24)3/h12-13,19,22,25-30,33-34H,3-4,7-11,14-18H2,1-2,5-6H3/b23-12+,24-13-/t19-,22+,25-,26-,27+,28-,29+,30-,32-/m1/s1. The summed E-state index contributed by atoms with van der Waals surface area (Å²) in [6.45, 7) is 17.1. The summed E-state index contributed by atoms with van der Waals surface area (Å²) < 4.78 is 5.84. The number of unbranched alkanes of at least 4 members (excludes halogenated alkanes) is 1. The normalized spacial score (nSPS) is 42.2. The Morgan fingerprint density at radius 2 is 1.94 bits per heavy atom. The zero-order valence-electron chi connectivity index (χ0n) is 23.0. The molecule has 0 bridgehead atoms. The van der Waals surface area contributed by atoms with Crippen LogP contribution in [0.2, 0.25) is 0 Å². The third-order valence-corrected chi connectivity index (χ3v) is 10.4. The molecule has 4 rings (SSSR count). The summed E-state index contributed by atoms with van der Waals surface area (Å²) in [4.78, 5) is 12.3. The lowest BCUT2D eigenvalue weighted by Crippen LogP contribution is -2.37. The molecule has 0 amide bonds. The second-order valence-corrected chi connectivity index (χ2v) is 12.6. The third kappa shape index (κ3) is 5.05. The fourth-order valence-corrected chi connectivity index (χ4v) is 8.06. The second kappa shape index (κ2) is 11.0. The Bertz CT molecular complexity index is 928. The van der Waals surface area contributed by atoms with Crippen molar-refractivity contribution in [3.05, 3.63) is 47.6 Å². The first kappa shape index (κ1) is 27.4. The van der Waals surface area contributed by atoms with Crippen molar-refractivity contribution in [3.63, 3.8) is 0 Å². The van der Waals surface area contributed by atoms with Gasteiger partial charge in [0.25, 0.3) is 0 Å². The molecule has 4 aliphatic rings. The molecule has 3 saturated carbocycles. The molecule has 1 heterocycles. The van der Waals surface area contributed by atoms with Gasteiger partial charge in [-0.2, -0.15) is 0 Å². The van der Waals surface area contributed by atoms with E-state index >= 15 is 0 Å². The summed E-state index contributed by atoms with van der Waals surface area (Å²) in [5, 5.41) is 20.8. The van der Waals surface area contributed by atoms with E-state index < -0.39 is 12.2 Å². The fourth-order valence-electron chi connectivity index (χ4n) is 8.06. The number of hydrogen-bond acceptors (Lipinski definition) is 4. The highest BCUT2D eigenvalue weighted by Gasteiger charge is 2.51. The predicted molar refractivity (Wildman–Crippen MR) is 145 cm³/mol. The quantitative estimate of drug-likeness (QED) is 0.304. The molecule has 0 aromatic rings. The number of carbonyl (C=O) groups excluding carboxylic acids is 1. The summed E-state index contributed by atoms with van der Waals surface area (Å²) in [6.07, 6.45) is 13.9. The van der Waals surface area contributed by atoms with E-state index in [2.05, 4.69) is 46.1 Å². The van der Waals surface area contributed by atoms with Crippen LogP contribution in [-0.2, 0) is 9.53 Å². The molecule has 4 fully saturated rings. The number of aliphatic hydroxyl groups is 2. The van der Waals surface area contributed by atoms with Gasteiger partial charge in [-0.25, -0.2) is 4.79 Å². The van der Waals surface area contributed by atoms with Crippen molar-refractivity contribution in [1.29, 1.82) is 0 Å². The molecule has 0 spiro atoms. The van der Waals surface area contributed by atoms with Crippen LogP contribution in [0.15, 0.2) is 47.6 Å². The average molecular weight is 497 g/mol. The number of ether oxygens (including phenoxy) is 1. The van der Waals surface area contributed by atoms with Crippen LogP contribution in [0.4, 0.5) is 0 Å². The lowest BCUT2D eigenvalue weighted by atomic mass is 9.60. The number of hydrogen-bond donors (Lipinski definition) is 2. The number of esters is 1. The number of carbonyl (C=O) groups is 1. The first-order valence-electron chi connectivity index (χ1n) is 14.4. The Morgan fingerprint density at radius 1 is 1.19 bits per heavy atom. The van der Waals surface area contributed by atoms with Crippen LogP contribution >= 0.6 is 0 Å². The lowest BCUT2D eigenvalue weighted by molar-refractivity contribution is -0.140. The monoisotopic (exact) mass is 496 g/mol. The molecule has 1 saturated heterocycles. The molecule has 200 valence electrons. The molecule has 9 atom stereocenters. The first-order valence-corrected chi connectivity index (χ1v) is 14.4. The SMILES string of the molecule is C=C1/C(=C\C=C2/CCC[C@]3(C)[C@@H]([C@H](C)C[C@@H]4OC(=O)C(=C)[C@H]4CCCC)CC[C@@H]23)C[C@@H](O)[C@H](C)[C@@H]1O. The van der Waals surface area contributed by atoms with Gasteiger partial charge in [-0.15, -0.1) is 0 Å². The Hall–Kier alpha value is -1.65. The lowest BCUT2D eigenvalue weighted by Gasteiger charge is -2.45. The van der Waals surface area contributed by atoms with Gasteiger partial charge in [0.05, 0.1) is 12.2 Å². The number of cyclic esters (lactones) is 1. The van der Waals surface area contributed by atoms with Crippen LogP contribution in [0.25, 0.3) is 0 Å². The van der Waals surface area contributed by atoms with E-state index in [9.17, 15) is 15.0 Å². The van der Waals surface area contributed by atoms with Gasteiger partial charge in [0, 0.05) is 17.4 Å². The maximum Gasteiger partial charge on any atom is 0.334 e. The zero-order chi connectivity index (χ0) is 26.2. The van der Waals surface area contributed by atoms with Crippen molar-refractivity contribution in [2.24, 2.45) is 35.0 Å². The van der Waals surface area contributed by atoms with Crippen LogP contribution in [-0.4, -0.2) is 34.5 Å². The second-order valence-electron chi connectivity index (χ2n) is 12.6. The number of fused-ring (bicyclic) bond motifs is 1. The third-order valence-electron chi connectivity index (χ3n) is 10.4. The topological polar surface area (TPSA) is 66.8 Å². The van der Waals surface area contributed by atoms with E-state index in [1.165, 1.54) is 31.3 Å². The molecular formula is C32H48O4. The zero-order valence-corrected chi connectivity index (χ0v) is 23.0. The maximum atomic E-state index is 12.3. The number of allylic oxidation sites excluding steroid dienone is 3. The predicted octanol–water partition coefficient (Wildman–Crippen LogP) is 6.69. The highest BCUT2D eigenvalue weighted by Crippen LogP contribution is 2.60. The molecule has 0 aromatic carbocycles. The summed E-state index contributed by atoms with van der Waals surface area (Å²) in [5.41, 5.74) is 4.20. The molecule has 4 heteroatoms. The minimum Gasteiger partial charge on any atom is -0.458 e. The van der Waals surface area contributed by atoms with E-state index in [1.54, 1.807) is 0 Å². The molecule has 3 aliphatic carbocycles. The van der Waals surface area contributed by atoms with Crippen molar-refractivity contribution < 1.29 is 19.7 Å². The first-order chi connectivity index (χ1) is 17.1. The van der Waals surface area contributed by atoms with Gasteiger partial charge in [-0.05, 0) is 85.7 Å². The molecule has 0 unspecified atom stereocenters. The van der Waals surface area contributed by atoms with Gasteiger partial charge in [-0.1, -0.05) is 71.4 Å². The van der Waals surface area contributed by atoms with Crippen molar-refractivity contribution in [3.8, 4) is 0 Å². The molecule has 2 N–H and O–H groups in total. The van der Waals surface area contributed by atoms with Gasteiger partial charge in [-0.3, -0.25) is 0 Å². The highest BCUT2D eigenvalue weighted by molar-refractivity contribution is 5.90. The Morgan fingerprint density at radius 3 is 2.67 bits per heavy atom. The van der Waals surface area contributed by atoms with Crippen LogP contribution in [0.3, 0.4) is 0 Å². The van der Waals surface area contributed by atoms with Gasteiger partial charge in [0.2, 0.25) is 0 Å². The summed E-state index contributed by atoms with van der Waals surface area (Å²) in [7, 11) is 0. The van der Waals surface area contributed by atoms with Gasteiger partial charge in [0.15, 0.2) is 0 Å². The molecule has 0 aromatic heterocycles. The summed E-state index contributed by atoms with van der Waals surface area (Å²) >= 11 is 0. The highest BCUT2D eigenvalue weighted by atomic mass is 16.6.